The minimum absolute atomic E-state index is 0.613. The van der Waals surface area contributed by atoms with Crippen LogP contribution in [0.25, 0.3) is 0 Å². The van der Waals surface area contributed by atoms with Crippen molar-refractivity contribution in [1.29, 1.82) is 0 Å². The SMILES string of the molecule is COc1ccc(CCNc2cc(NCc3ccccc3Cl)nc(C)n2)cc1. The normalized spacial score (nSPS) is 10.5. The van der Waals surface area contributed by atoms with Crippen molar-refractivity contribution in [2.45, 2.75) is 19.9 Å². The predicted octanol–water partition coefficient (Wildman–Crippen LogP) is 4.71. The number of benzene rings is 2. The minimum atomic E-state index is 0.613. The molecule has 3 rings (SSSR count). The van der Waals surface area contributed by atoms with Crippen LogP contribution in [-0.4, -0.2) is 23.6 Å². The molecule has 0 fully saturated rings. The topological polar surface area (TPSA) is 59.1 Å². The van der Waals surface area contributed by atoms with Gasteiger partial charge in [-0.25, -0.2) is 9.97 Å². The first-order chi connectivity index (χ1) is 13.1. The Hall–Kier alpha value is -2.79. The van der Waals surface area contributed by atoms with Crippen molar-refractivity contribution in [2.75, 3.05) is 24.3 Å². The van der Waals surface area contributed by atoms with Crippen molar-refractivity contribution >= 4 is 23.2 Å². The van der Waals surface area contributed by atoms with Gasteiger partial charge in [0.05, 0.1) is 7.11 Å². The van der Waals surface area contributed by atoms with E-state index in [1.165, 1.54) is 5.56 Å². The van der Waals surface area contributed by atoms with Crippen LogP contribution >= 0.6 is 11.6 Å². The smallest absolute Gasteiger partial charge is 0.132 e. The number of aromatic nitrogens is 2. The highest BCUT2D eigenvalue weighted by Crippen LogP contribution is 2.18. The lowest BCUT2D eigenvalue weighted by molar-refractivity contribution is 0.414. The molecule has 140 valence electrons. The van der Waals surface area contributed by atoms with E-state index in [0.29, 0.717) is 12.4 Å². The average Bonchev–Trinajstić information content (AvgIpc) is 2.67. The van der Waals surface area contributed by atoms with E-state index in [9.17, 15) is 0 Å². The third-order valence-electron chi connectivity index (χ3n) is 4.13. The maximum absolute atomic E-state index is 6.21. The zero-order valence-corrected chi connectivity index (χ0v) is 16.3. The number of ether oxygens (including phenoxy) is 1. The van der Waals surface area contributed by atoms with Gasteiger partial charge >= 0.3 is 0 Å². The van der Waals surface area contributed by atoms with Crippen LogP contribution in [0.2, 0.25) is 5.02 Å². The van der Waals surface area contributed by atoms with Gasteiger partial charge in [-0.2, -0.15) is 0 Å². The second-order valence-electron chi connectivity index (χ2n) is 6.16. The zero-order valence-electron chi connectivity index (χ0n) is 15.5. The Bertz CT molecular complexity index is 884. The summed E-state index contributed by atoms with van der Waals surface area (Å²) in [4.78, 5) is 8.90. The first kappa shape index (κ1) is 19.0. The summed E-state index contributed by atoms with van der Waals surface area (Å²) in [6.45, 7) is 3.28. The number of aryl methyl sites for hydroxylation is 1. The van der Waals surface area contributed by atoms with Gasteiger partial charge in [0, 0.05) is 24.2 Å². The molecule has 5 nitrogen and oxygen atoms in total. The third-order valence-corrected chi connectivity index (χ3v) is 4.50. The van der Waals surface area contributed by atoms with Gasteiger partial charge in [0.2, 0.25) is 0 Å². The first-order valence-corrected chi connectivity index (χ1v) is 9.21. The standard InChI is InChI=1S/C21H23ClN4O/c1-15-25-20(23-12-11-16-7-9-18(27-2)10-8-16)13-21(26-15)24-14-17-5-3-4-6-19(17)22/h3-10,13H,11-12,14H2,1-2H3,(H2,23,24,25,26). The van der Waals surface area contributed by atoms with Crippen LogP contribution in [0.1, 0.15) is 17.0 Å². The molecule has 0 radical (unpaired) electrons. The molecule has 3 aromatic rings. The Morgan fingerprint density at radius 2 is 1.67 bits per heavy atom. The minimum Gasteiger partial charge on any atom is -0.497 e. The van der Waals surface area contributed by atoms with Gasteiger partial charge in [-0.3, -0.25) is 0 Å². The van der Waals surface area contributed by atoms with E-state index in [1.807, 2.05) is 49.4 Å². The molecule has 27 heavy (non-hydrogen) atoms. The van der Waals surface area contributed by atoms with Crippen molar-refractivity contribution in [1.82, 2.24) is 9.97 Å². The lowest BCUT2D eigenvalue weighted by Gasteiger charge is -2.11. The van der Waals surface area contributed by atoms with Gasteiger partial charge in [0.25, 0.3) is 0 Å². The molecule has 0 aliphatic rings. The van der Waals surface area contributed by atoms with Crippen molar-refractivity contribution in [3.63, 3.8) is 0 Å². The van der Waals surface area contributed by atoms with Crippen LogP contribution in [0.5, 0.6) is 5.75 Å². The van der Waals surface area contributed by atoms with Crippen LogP contribution in [0.15, 0.2) is 54.6 Å². The number of hydrogen-bond acceptors (Lipinski definition) is 5. The second-order valence-corrected chi connectivity index (χ2v) is 6.56. The van der Waals surface area contributed by atoms with Crippen LogP contribution < -0.4 is 15.4 Å². The summed E-state index contributed by atoms with van der Waals surface area (Å²) in [6, 6.07) is 17.8. The molecular formula is C21H23ClN4O. The molecule has 6 heteroatoms. The Morgan fingerprint density at radius 1 is 0.963 bits per heavy atom. The van der Waals surface area contributed by atoms with Gasteiger partial charge in [-0.15, -0.1) is 0 Å². The molecule has 2 aromatic carbocycles. The van der Waals surface area contributed by atoms with Gasteiger partial charge < -0.3 is 15.4 Å². The summed E-state index contributed by atoms with van der Waals surface area (Å²) in [5, 5.41) is 7.42. The summed E-state index contributed by atoms with van der Waals surface area (Å²) < 4.78 is 5.18. The number of rotatable bonds is 8. The molecule has 1 heterocycles. The Balaban J connectivity index is 1.57. The van der Waals surface area contributed by atoms with E-state index in [-0.39, 0.29) is 0 Å². The molecule has 0 amide bonds. The number of methoxy groups -OCH3 is 1. The average molecular weight is 383 g/mol. The molecule has 0 saturated carbocycles. The molecule has 1 aromatic heterocycles. The highest BCUT2D eigenvalue weighted by Gasteiger charge is 2.04. The van der Waals surface area contributed by atoms with Gasteiger partial charge in [0.15, 0.2) is 0 Å². The van der Waals surface area contributed by atoms with Crippen molar-refractivity contribution in [3.05, 3.63) is 76.6 Å². The van der Waals surface area contributed by atoms with Crippen molar-refractivity contribution < 1.29 is 4.74 Å². The number of nitrogens with one attached hydrogen (secondary N) is 2. The molecule has 0 aliphatic heterocycles. The Labute approximate surface area is 164 Å². The lowest BCUT2D eigenvalue weighted by Crippen LogP contribution is -2.09. The van der Waals surface area contributed by atoms with Crippen LogP contribution in [0, 0.1) is 6.92 Å². The van der Waals surface area contributed by atoms with E-state index in [0.717, 1.165) is 40.9 Å². The van der Waals surface area contributed by atoms with Gasteiger partial charge in [-0.1, -0.05) is 41.9 Å². The quantitative estimate of drug-likeness (QED) is 0.590. The van der Waals surface area contributed by atoms with Crippen molar-refractivity contribution in [3.8, 4) is 5.75 Å². The van der Waals surface area contributed by atoms with E-state index in [4.69, 9.17) is 16.3 Å². The summed E-state index contributed by atoms with van der Waals surface area (Å²) >= 11 is 6.21. The van der Waals surface area contributed by atoms with Crippen molar-refractivity contribution in [2.24, 2.45) is 0 Å². The van der Waals surface area contributed by atoms with E-state index in [1.54, 1.807) is 7.11 Å². The fourth-order valence-corrected chi connectivity index (χ4v) is 2.91. The van der Waals surface area contributed by atoms with E-state index < -0.39 is 0 Å². The summed E-state index contributed by atoms with van der Waals surface area (Å²) in [6.07, 6.45) is 0.898. The number of anilines is 2. The highest BCUT2D eigenvalue weighted by atomic mass is 35.5. The maximum Gasteiger partial charge on any atom is 0.132 e. The highest BCUT2D eigenvalue weighted by molar-refractivity contribution is 6.31. The van der Waals surface area contributed by atoms with Crippen LogP contribution in [0.4, 0.5) is 11.6 Å². The number of hydrogen-bond donors (Lipinski definition) is 2. The Kier molecular flexibility index (Phi) is 6.49. The third kappa shape index (κ3) is 5.59. The van der Waals surface area contributed by atoms with Gasteiger partial charge in [0.1, 0.15) is 23.2 Å². The fourth-order valence-electron chi connectivity index (χ4n) is 2.70. The Morgan fingerprint density at radius 3 is 2.37 bits per heavy atom. The molecule has 0 bridgehead atoms. The molecule has 2 N–H and O–H groups in total. The monoisotopic (exact) mass is 382 g/mol. The molecule has 0 spiro atoms. The lowest BCUT2D eigenvalue weighted by atomic mass is 10.1. The van der Waals surface area contributed by atoms with Crippen LogP contribution in [0.3, 0.4) is 0 Å². The summed E-state index contributed by atoms with van der Waals surface area (Å²) in [5.41, 5.74) is 2.27. The molecular weight excluding hydrogens is 360 g/mol. The first-order valence-electron chi connectivity index (χ1n) is 8.84. The second kappa shape index (κ2) is 9.24. The molecule has 0 saturated heterocycles. The fraction of sp³-hybridized carbons (Fsp3) is 0.238. The molecule has 0 atom stereocenters. The molecule has 0 unspecified atom stereocenters. The van der Waals surface area contributed by atoms with E-state index >= 15 is 0 Å². The van der Waals surface area contributed by atoms with E-state index in [2.05, 4.69) is 32.7 Å². The predicted molar refractivity (Wildman–Crippen MR) is 111 cm³/mol. The largest absolute Gasteiger partial charge is 0.497 e. The number of halogens is 1. The summed E-state index contributed by atoms with van der Waals surface area (Å²) in [7, 11) is 1.67. The molecule has 0 aliphatic carbocycles. The summed E-state index contributed by atoms with van der Waals surface area (Å²) in [5.74, 6) is 3.16. The maximum atomic E-state index is 6.21. The zero-order chi connectivity index (χ0) is 19.1. The number of nitrogens with zero attached hydrogens (tertiary/aromatic N) is 2. The van der Waals surface area contributed by atoms with Crippen LogP contribution in [-0.2, 0) is 13.0 Å². The van der Waals surface area contributed by atoms with Gasteiger partial charge in [-0.05, 0) is 42.7 Å².